The van der Waals surface area contributed by atoms with Crippen molar-refractivity contribution in [3.8, 4) is 0 Å². The lowest BCUT2D eigenvalue weighted by molar-refractivity contribution is -0.347. The Bertz CT molecular complexity index is 662. The standard InChI is InChI=1S/C16H12F6O2/c17-15(18,19)13-9-1-2-10(13)7-8-12(24-10)4-3-11(23-9,6-5-9)14(12,13)16(20,21)22/h5-8H,1-4H2/t9-,10+,11+,12-,13?,14?. The molecule has 2 saturated carbocycles. The minimum Gasteiger partial charge on any atom is -0.358 e. The highest BCUT2D eigenvalue weighted by Crippen LogP contribution is 2.94. The summed E-state index contributed by atoms with van der Waals surface area (Å²) in [6, 6.07) is 0. The second-order valence-electron chi connectivity index (χ2n) is 7.92. The van der Waals surface area contributed by atoms with Crippen LogP contribution in [0, 0.1) is 10.8 Å². The zero-order valence-electron chi connectivity index (χ0n) is 12.2. The summed E-state index contributed by atoms with van der Waals surface area (Å²) in [7, 11) is 0. The smallest absolute Gasteiger partial charge is 0.358 e. The van der Waals surface area contributed by atoms with Gasteiger partial charge in [-0.05, 0) is 25.7 Å². The van der Waals surface area contributed by atoms with Crippen molar-refractivity contribution in [1.82, 2.24) is 0 Å². The molecule has 6 atom stereocenters. The Labute approximate surface area is 132 Å². The summed E-state index contributed by atoms with van der Waals surface area (Å²) in [6.07, 6.45) is -5.72. The first-order chi connectivity index (χ1) is 11.0. The molecule has 2 nitrogen and oxygen atoms in total. The van der Waals surface area contributed by atoms with E-state index in [1.165, 1.54) is 24.3 Å². The molecule has 8 heteroatoms. The van der Waals surface area contributed by atoms with E-state index in [0.29, 0.717) is 0 Å². The molecule has 4 aliphatic heterocycles. The first kappa shape index (κ1) is 14.2. The summed E-state index contributed by atoms with van der Waals surface area (Å²) in [6.45, 7) is 0. The van der Waals surface area contributed by atoms with Gasteiger partial charge in [0.25, 0.3) is 0 Å². The molecular formula is C16H12F6O2. The number of rotatable bonds is 0. The van der Waals surface area contributed by atoms with Gasteiger partial charge in [-0.25, -0.2) is 0 Å². The maximum Gasteiger partial charge on any atom is 0.401 e. The monoisotopic (exact) mass is 350 g/mol. The summed E-state index contributed by atoms with van der Waals surface area (Å²) in [4.78, 5) is 0. The number of hydrogen-bond acceptors (Lipinski definition) is 2. The van der Waals surface area contributed by atoms with Gasteiger partial charge in [0.05, 0.1) is 0 Å². The van der Waals surface area contributed by atoms with E-state index in [9.17, 15) is 26.3 Å². The van der Waals surface area contributed by atoms with Crippen molar-refractivity contribution >= 4 is 0 Å². The van der Waals surface area contributed by atoms with Gasteiger partial charge in [0, 0.05) is 0 Å². The topological polar surface area (TPSA) is 18.5 Å². The van der Waals surface area contributed by atoms with Crippen LogP contribution >= 0.6 is 0 Å². The maximum atomic E-state index is 14.6. The third kappa shape index (κ3) is 0.805. The predicted molar refractivity (Wildman–Crippen MR) is 66.8 cm³/mol. The zero-order valence-corrected chi connectivity index (χ0v) is 12.2. The third-order valence-corrected chi connectivity index (χ3v) is 7.66. The van der Waals surface area contributed by atoms with E-state index < -0.39 is 45.6 Å². The molecule has 2 unspecified atom stereocenters. The lowest BCUT2D eigenvalue weighted by Gasteiger charge is -2.55. The molecular weight excluding hydrogens is 338 g/mol. The van der Waals surface area contributed by atoms with E-state index >= 15 is 0 Å². The molecule has 24 heavy (non-hydrogen) atoms. The summed E-state index contributed by atoms with van der Waals surface area (Å²) in [5.41, 5.74) is -14.2. The van der Waals surface area contributed by atoms with Crippen LogP contribution in [-0.2, 0) is 9.47 Å². The van der Waals surface area contributed by atoms with Gasteiger partial charge in [-0.2, -0.15) is 26.3 Å². The second kappa shape index (κ2) is 2.98. The average Bonchev–Trinajstić information content (AvgIpc) is 3.20. The van der Waals surface area contributed by atoms with Crippen LogP contribution < -0.4 is 0 Å². The molecule has 0 N–H and O–H groups in total. The van der Waals surface area contributed by atoms with Gasteiger partial charge in [0.2, 0.25) is 0 Å². The molecule has 0 aromatic heterocycles. The number of ether oxygens (including phenoxy) is 2. The van der Waals surface area contributed by atoms with E-state index in [4.69, 9.17) is 9.47 Å². The highest BCUT2D eigenvalue weighted by atomic mass is 19.4. The molecule has 2 aliphatic carbocycles. The van der Waals surface area contributed by atoms with Gasteiger partial charge in [-0.1, -0.05) is 24.3 Å². The molecule has 0 aromatic rings. The Morgan fingerprint density at radius 3 is 1.00 bits per heavy atom. The minimum absolute atomic E-state index is 0.122. The molecule has 0 aromatic carbocycles. The molecule has 130 valence electrons. The molecule has 2 saturated heterocycles. The fourth-order valence-corrected chi connectivity index (χ4v) is 7.53. The fraction of sp³-hybridized carbons (Fsp3) is 0.750. The Hall–Kier alpha value is -1.02. The van der Waals surface area contributed by atoms with E-state index in [1.54, 1.807) is 0 Å². The van der Waals surface area contributed by atoms with Crippen molar-refractivity contribution in [3.63, 3.8) is 0 Å². The molecule has 4 fully saturated rings. The van der Waals surface area contributed by atoms with Crippen molar-refractivity contribution in [2.45, 2.75) is 60.4 Å². The highest BCUT2D eigenvalue weighted by molar-refractivity contribution is 5.59. The molecule has 0 radical (unpaired) electrons. The lowest BCUT2D eigenvalue weighted by Crippen LogP contribution is -2.73. The fourth-order valence-electron chi connectivity index (χ4n) is 7.53. The van der Waals surface area contributed by atoms with Crippen LogP contribution in [0.25, 0.3) is 0 Å². The van der Waals surface area contributed by atoms with Crippen LogP contribution in [0.4, 0.5) is 26.3 Å². The largest absolute Gasteiger partial charge is 0.401 e. The number of hydrogen-bond donors (Lipinski definition) is 0. The normalized spacial score (nSPS) is 61.4. The Kier molecular flexibility index (Phi) is 1.76. The van der Waals surface area contributed by atoms with Crippen molar-refractivity contribution in [2.24, 2.45) is 10.8 Å². The van der Waals surface area contributed by atoms with Gasteiger partial charge < -0.3 is 9.47 Å². The zero-order chi connectivity index (χ0) is 17.1. The Morgan fingerprint density at radius 1 is 0.542 bits per heavy atom. The van der Waals surface area contributed by atoms with Gasteiger partial charge in [-0.3, -0.25) is 0 Å². The summed E-state index contributed by atoms with van der Waals surface area (Å²) >= 11 is 0. The molecule has 6 rings (SSSR count). The van der Waals surface area contributed by atoms with E-state index in [-0.39, 0.29) is 25.7 Å². The maximum absolute atomic E-state index is 14.6. The Morgan fingerprint density at radius 2 is 0.792 bits per heavy atom. The minimum atomic E-state index is -5.11. The van der Waals surface area contributed by atoms with Crippen molar-refractivity contribution in [2.75, 3.05) is 0 Å². The van der Waals surface area contributed by atoms with Crippen LogP contribution in [0.5, 0.6) is 0 Å². The van der Waals surface area contributed by atoms with Crippen molar-refractivity contribution in [1.29, 1.82) is 0 Å². The summed E-state index contributed by atoms with van der Waals surface area (Å²) in [5, 5.41) is 0. The first-order valence-electron chi connectivity index (χ1n) is 7.94. The van der Waals surface area contributed by atoms with E-state index in [2.05, 4.69) is 0 Å². The van der Waals surface area contributed by atoms with Crippen molar-refractivity contribution in [3.05, 3.63) is 24.3 Å². The number of halogens is 6. The van der Waals surface area contributed by atoms with Crippen LogP contribution in [0.15, 0.2) is 24.3 Å². The molecule has 4 spiro atoms. The second-order valence-corrected chi connectivity index (χ2v) is 7.92. The molecule has 6 aliphatic rings. The summed E-state index contributed by atoms with van der Waals surface area (Å²) in [5.74, 6) is 0. The third-order valence-electron chi connectivity index (χ3n) is 7.66. The van der Waals surface area contributed by atoms with Crippen molar-refractivity contribution < 1.29 is 35.8 Å². The van der Waals surface area contributed by atoms with Crippen LogP contribution in [-0.4, -0.2) is 34.8 Å². The highest BCUT2D eigenvalue weighted by Gasteiger charge is 3.08. The van der Waals surface area contributed by atoms with Crippen LogP contribution in [0.1, 0.15) is 25.7 Å². The molecule has 4 heterocycles. The van der Waals surface area contributed by atoms with Gasteiger partial charge in [0.15, 0.2) is 10.8 Å². The Balaban J connectivity index is 1.87. The SMILES string of the molecule is FC(F)(F)C12C3(C(F)(F)F)[C@@]45C=C[C@@]1(CC[C@]21C=C[C@@]3(CC4)O1)O5. The molecule has 0 amide bonds. The van der Waals surface area contributed by atoms with Crippen LogP contribution in [0.2, 0.25) is 0 Å². The van der Waals surface area contributed by atoms with E-state index in [1.807, 2.05) is 0 Å². The average molecular weight is 350 g/mol. The van der Waals surface area contributed by atoms with Crippen LogP contribution in [0.3, 0.4) is 0 Å². The number of alkyl halides is 6. The van der Waals surface area contributed by atoms with Gasteiger partial charge in [0.1, 0.15) is 22.4 Å². The molecule has 4 bridgehead atoms. The van der Waals surface area contributed by atoms with Gasteiger partial charge in [-0.15, -0.1) is 0 Å². The lowest BCUT2D eigenvalue weighted by atomic mass is 9.44. The summed E-state index contributed by atoms with van der Waals surface area (Å²) < 4.78 is 98.9. The first-order valence-corrected chi connectivity index (χ1v) is 7.94. The predicted octanol–water partition coefficient (Wildman–Crippen LogP) is 3.83. The quantitative estimate of drug-likeness (QED) is 0.488. The van der Waals surface area contributed by atoms with E-state index in [0.717, 1.165) is 0 Å². The van der Waals surface area contributed by atoms with Gasteiger partial charge >= 0.3 is 12.4 Å².